The maximum atomic E-state index is 12.2. The molecule has 0 aliphatic heterocycles. The molecule has 2 aromatic rings. The van der Waals surface area contributed by atoms with E-state index in [1.165, 1.54) is 0 Å². The van der Waals surface area contributed by atoms with Gasteiger partial charge in [0.05, 0.1) is 6.61 Å². The van der Waals surface area contributed by atoms with Crippen LogP contribution in [0.1, 0.15) is 42.6 Å². The van der Waals surface area contributed by atoms with Gasteiger partial charge in [-0.15, -0.1) is 0 Å². The molecule has 0 heterocycles. The fourth-order valence-electron chi connectivity index (χ4n) is 2.72. The molecule has 0 fully saturated rings. The first kappa shape index (κ1) is 19.9. The highest BCUT2D eigenvalue weighted by Crippen LogP contribution is 2.14. The third-order valence-electron chi connectivity index (χ3n) is 4.40. The molecule has 0 aromatic heterocycles. The monoisotopic (exact) mass is 351 g/mol. The molecule has 0 aliphatic rings. The van der Waals surface area contributed by atoms with Gasteiger partial charge in [0.25, 0.3) is 0 Å². The molecule has 2 aromatic carbocycles. The predicted octanol–water partition coefficient (Wildman–Crippen LogP) is 5.08. The van der Waals surface area contributed by atoms with Gasteiger partial charge >= 0.3 is 0 Å². The van der Waals surface area contributed by atoms with Crippen molar-refractivity contribution in [2.24, 2.45) is 0 Å². The minimum absolute atomic E-state index is 0.000347. The maximum absolute atomic E-state index is 12.2. The summed E-state index contributed by atoms with van der Waals surface area (Å²) in [7, 11) is 0. The molecule has 26 heavy (non-hydrogen) atoms. The van der Waals surface area contributed by atoms with Crippen LogP contribution in [0.3, 0.4) is 0 Å². The van der Waals surface area contributed by atoms with Crippen LogP contribution in [0.15, 0.2) is 60.7 Å². The summed E-state index contributed by atoms with van der Waals surface area (Å²) in [5.74, 6) is 0.816. The highest BCUT2D eigenvalue weighted by atomic mass is 16.5. The second-order valence-corrected chi connectivity index (χ2v) is 6.22. The van der Waals surface area contributed by atoms with E-state index in [9.17, 15) is 4.79 Å². The minimum atomic E-state index is -0.000347. The molecule has 0 atom stereocenters. The van der Waals surface area contributed by atoms with E-state index in [-0.39, 0.29) is 5.78 Å². The number of carbonyl (C=O) groups excluding carboxylic acids is 1. The number of hydrogen-bond acceptors (Lipinski definition) is 3. The molecule has 0 amide bonds. The van der Waals surface area contributed by atoms with Crippen molar-refractivity contribution in [3.05, 3.63) is 71.8 Å². The minimum Gasteiger partial charge on any atom is -0.494 e. The fraction of sp³-hybridized carbons (Fsp3) is 0.348. The summed E-state index contributed by atoms with van der Waals surface area (Å²) in [6.45, 7) is 8.42. The Kier molecular flexibility index (Phi) is 8.64. The van der Waals surface area contributed by atoms with E-state index in [2.05, 4.69) is 18.7 Å². The Balaban J connectivity index is 1.75. The van der Waals surface area contributed by atoms with Crippen LogP contribution >= 0.6 is 0 Å². The van der Waals surface area contributed by atoms with Crippen LogP contribution < -0.4 is 4.74 Å². The van der Waals surface area contributed by atoms with Gasteiger partial charge in [0, 0.05) is 5.56 Å². The molecule has 0 bridgehead atoms. The Morgan fingerprint density at radius 1 is 0.962 bits per heavy atom. The Labute approximate surface area is 157 Å². The van der Waals surface area contributed by atoms with E-state index in [4.69, 9.17) is 4.74 Å². The van der Waals surface area contributed by atoms with E-state index in [0.717, 1.165) is 43.8 Å². The lowest BCUT2D eigenvalue weighted by molar-refractivity contribution is 0.104. The summed E-state index contributed by atoms with van der Waals surface area (Å²) in [6, 6.07) is 17.2. The lowest BCUT2D eigenvalue weighted by atomic mass is 10.1. The smallest absolute Gasteiger partial charge is 0.185 e. The SMILES string of the molecule is CCN(CC)CCCCOc1ccc(C(=O)/C=C/c2ccccc2)cc1. The zero-order valence-electron chi connectivity index (χ0n) is 15.9. The summed E-state index contributed by atoms with van der Waals surface area (Å²) in [5, 5.41) is 0. The van der Waals surface area contributed by atoms with Crippen molar-refractivity contribution in [3.63, 3.8) is 0 Å². The number of ether oxygens (including phenoxy) is 1. The summed E-state index contributed by atoms with van der Waals surface area (Å²) in [4.78, 5) is 14.6. The third kappa shape index (κ3) is 6.85. The average molecular weight is 351 g/mol. The Morgan fingerprint density at radius 3 is 2.31 bits per heavy atom. The number of hydrogen-bond donors (Lipinski definition) is 0. The van der Waals surface area contributed by atoms with E-state index in [1.807, 2.05) is 60.7 Å². The van der Waals surface area contributed by atoms with Crippen LogP contribution in [0.4, 0.5) is 0 Å². The molecule has 0 radical (unpaired) electrons. The largest absolute Gasteiger partial charge is 0.494 e. The zero-order valence-corrected chi connectivity index (χ0v) is 15.9. The molecular weight excluding hydrogens is 322 g/mol. The van der Waals surface area contributed by atoms with Crippen molar-refractivity contribution in [1.82, 2.24) is 4.90 Å². The van der Waals surface area contributed by atoms with E-state index in [1.54, 1.807) is 6.08 Å². The number of rotatable bonds is 11. The Hall–Kier alpha value is -2.39. The first-order valence-electron chi connectivity index (χ1n) is 9.45. The number of benzene rings is 2. The van der Waals surface area contributed by atoms with Crippen molar-refractivity contribution in [3.8, 4) is 5.75 Å². The van der Waals surface area contributed by atoms with Crippen LogP contribution in [0.2, 0.25) is 0 Å². The van der Waals surface area contributed by atoms with Crippen LogP contribution in [0.5, 0.6) is 5.75 Å². The van der Waals surface area contributed by atoms with Gasteiger partial charge in [-0.1, -0.05) is 50.3 Å². The number of unbranched alkanes of at least 4 members (excludes halogenated alkanes) is 1. The summed E-state index contributed by atoms with van der Waals surface area (Å²) < 4.78 is 5.77. The second kappa shape index (κ2) is 11.3. The van der Waals surface area contributed by atoms with Gasteiger partial charge in [0.1, 0.15) is 5.75 Å². The van der Waals surface area contributed by atoms with Crippen molar-refractivity contribution in [1.29, 1.82) is 0 Å². The molecule has 0 saturated carbocycles. The molecule has 138 valence electrons. The van der Waals surface area contributed by atoms with Gasteiger partial charge in [-0.05, 0) is 68.4 Å². The third-order valence-corrected chi connectivity index (χ3v) is 4.40. The summed E-state index contributed by atoms with van der Waals surface area (Å²) in [5.41, 5.74) is 1.69. The Morgan fingerprint density at radius 2 is 1.65 bits per heavy atom. The van der Waals surface area contributed by atoms with E-state index >= 15 is 0 Å². The van der Waals surface area contributed by atoms with Gasteiger partial charge in [0.2, 0.25) is 0 Å². The summed E-state index contributed by atoms with van der Waals surface area (Å²) >= 11 is 0. The van der Waals surface area contributed by atoms with Crippen molar-refractivity contribution >= 4 is 11.9 Å². The van der Waals surface area contributed by atoms with Crippen LogP contribution in [0.25, 0.3) is 6.08 Å². The highest BCUT2D eigenvalue weighted by Gasteiger charge is 2.03. The van der Waals surface area contributed by atoms with Crippen LogP contribution in [0, 0.1) is 0 Å². The molecule has 0 unspecified atom stereocenters. The van der Waals surface area contributed by atoms with E-state index < -0.39 is 0 Å². The molecular formula is C23H29NO2. The number of ketones is 1. The Bertz CT molecular complexity index is 673. The summed E-state index contributed by atoms with van der Waals surface area (Å²) in [6.07, 6.45) is 5.63. The number of carbonyl (C=O) groups is 1. The lowest BCUT2D eigenvalue weighted by Gasteiger charge is -2.17. The molecule has 3 heteroatoms. The quantitative estimate of drug-likeness (QED) is 0.321. The maximum Gasteiger partial charge on any atom is 0.185 e. The lowest BCUT2D eigenvalue weighted by Crippen LogP contribution is -2.24. The van der Waals surface area contributed by atoms with Gasteiger partial charge in [-0.3, -0.25) is 4.79 Å². The zero-order chi connectivity index (χ0) is 18.6. The highest BCUT2D eigenvalue weighted by molar-refractivity contribution is 6.06. The molecule has 0 N–H and O–H groups in total. The standard InChI is InChI=1S/C23H29NO2/c1-3-24(4-2)18-8-9-19-26-22-15-13-21(14-16-22)23(25)17-12-20-10-6-5-7-11-20/h5-7,10-17H,3-4,8-9,18-19H2,1-2H3/b17-12+. The molecule has 0 aliphatic carbocycles. The fourth-order valence-corrected chi connectivity index (χ4v) is 2.72. The van der Waals surface area contributed by atoms with E-state index in [0.29, 0.717) is 12.2 Å². The first-order chi connectivity index (χ1) is 12.7. The van der Waals surface area contributed by atoms with Crippen molar-refractivity contribution < 1.29 is 9.53 Å². The van der Waals surface area contributed by atoms with Gasteiger partial charge in [0.15, 0.2) is 5.78 Å². The van der Waals surface area contributed by atoms with Crippen LogP contribution in [-0.4, -0.2) is 36.9 Å². The van der Waals surface area contributed by atoms with Gasteiger partial charge < -0.3 is 9.64 Å². The van der Waals surface area contributed by atoms with Crippen molar-refractivity contribution in [2.45, 2.75) is 26.7 Å². The average Bonchev–Trinajstić information content (AvgIpc) is 2.70. The number of nitrogens with zero attached hydrogens (tertiary/aromatic N) is 1. The van der Waals surface area contributed by atoms with Crippen molar-refractivity contribution in [2.75, 3.05) is 26.2 Å². The first-order valence-corrected chi connectivity index (χ1v) is 9.45. The molecule has 3 nitrogen and oxygen atoms in total. The number of allylic oxidation sites excluding steroid dienone is 1. The van der Waals surface area contributed by atoms with Gasteiger partial charge in [-0.25, -0.2) is 0 Å². The predicted molar refractivity (Wildman–Crippen MR) is 109 cm³/mol. The molecule has 0 spiro atoms. The normalized spacial score (nSPS) is 11.2. The molecule has 0 saturated heterocycles. The second-order valence-electron chi connectivity index (χ2n) is 6.22. The van der Waals surface area contributed by atoms with Gasteiger partial charge in [-0.2, -0.15) is 0 Å². The van der Waals surface area contributed by atoms with Crippen LogP contribution in [-0.2, 0) is 0 Å². The topological polar surface area (TPSA) is 29.5 Å². The molecule has 2 rings (SSSR count).